The molecule has 0 bridgehead atoms. The standard InChI is InChI=1S/C21H23N3O/c1-3-4-14-24-20(19-12-10-18(16-22)11-13-19)23-25-21(24,2)15-17-8-6-5-7-9-17/h5-13H,3-4,14-15H2,1-2H3. The first kappa shape index (κ1) is 17.0. The molecule has 0 aromatic heterocycles. The monoisotopic (exact) mass is 333 g/mol. The lowest BCUT2D eigenvalue weighted by atomic mass is 10.0. The van der Waals surface area contributed by atoms with E-state index in [0.717, 1.165) is 37.2 Å². The molecule has 25 heavy (non-hydrogen) atoms. The van der Waals surface area contributed by atoms with Crippen molar-refractivity contribution in [2.45, 2.75) is 38.8 Å². The molecule has 4 nitrogen and oxygen atoms in total. The fourth-order valence-corrected chi connectivity index (χ4v) is 3.13. The average Bonchev–Trinajstić information content (AvgIpc) is 2.97. The van der Waals surface area contributed by atoms with Crippen LogP contribution in [0.1, 0.15) is 43.4 Å². The fraction of sp³-hybridized carbons (Fsp3) is 0.333. The molecular weight excluding hydrogens is 310 g/mol. The van der Waals surface area contributed by atoms with Crippen LogP contribution in [-0.2, 0) is 11.3 Å². The Balaban J connectivity index is 1.87. The Bertz CT molecular complexity index is 777. The van der Waals surface area contributed by atoms with Gasteiger partial charge in [-0.1, -0.05) is 48.8 Å². The van der Waals surface area contributed by atoms with Crippen molar-refractivity contribution in [1.82, 2.24) is 4.90 Å². The minimum Gasteiger partial charge on any atom is -0.365 e. The molecule has 1 aliphatic rings. The molecule has 4 heteroatoms. The van der Waals surface area contributed by atoms with Gasteiger partial charge in [0.1, 0.15) is 0 Å². The zero-order valence-electron chi connectivity index (χ0n) is 14.8. The second-order valence-electron chi connectivity index (χ2n) is 6.54. The topological polar surface area (TPSA) is 48.6 Å². The zero-order valence-corrected chi connectivity index (χ0v) is 14.8. The van der Waals surface area contributed by atoms with Gasteiger partial charge in [-0.15, -0.1) is 0 Å². The van der Waals surface area contributed by atoms with Crippen LogP contribution in [0, 0.1) is 11.3 Å². The highest BCUT2D eigenvalue weighted by Gasteiger charge is 2.42. The molecule has 3 rings (SSSR count). The molecule has 0 amide bonds. The lowest BCUT2D eigenvalue weighted by molar-refractivity contribution is -0.0833. The maximum atomic E-state index is 8.99. The number of hydrogen-bond donors (Lipinski definition) is 0. The average molecular weight is 333 g/mol. The zero-order chi connectivity index (χ0) is 17.7. The predicted octanol–water partition coefficient (Wildman–Crippen LogP) is 4.31. The molecule has 1 heterocycles. The van der Waals surface area contributed by atoms with Gasteiger partial charge in [0.2, 0.25) is 5.72 Å². The van der Waals surface area contributed by atoms with Gasteiger partial charge in [0.25, 0.3) is 0 Å². The molecule has 2 aromatic rings. The SMILES string of the molecule is CCCCN1C(c2ccc(C#N)cc2)=NOC1(C)Cc1ccccc1. The largest absolute Gasteiger partial charge is 0.365 e. The summed E-state index contributed by atoms with van der Waals surface area (Å²) < 4.78 is 0. The third-order valence-electron chi connectivity index (χ3n) is 4.54. The van der Waals surface area contributed by atoms with E-state index in [4.69, 9.17) is 10.1 Å². The molecule has 0 N–H and O–H groups in total. The molecule has 0 fully saturated rings. The number of unbranched alkanes of at least 4 members (excludes halogenated alkanes) is 1. The summed E-state index contributed by atoms with van der Waals surface area (Å²) in [7, 11) is 0. The van der Waals surface area contributed by atoms with Gasteiger partial charge in [-0.3, -0.25) is 0 Å². The number of nitrogens with zero attached hydrogens (tertiary/aromatic N) is 3. The third-order valence-corrected chi connectivity index (χ3v) is 4.54. The third kappa shape index (κ3) is 3.66. The summed E-state index contributed by atoms with van der Waals surface area (Å²) in [6.07, 6.45) is 2.95. The Morgan fingerprint density at radius 3 is 2.48 bits per heavy atom. The lowest BCUT2D eigenvalue weighted by Crippen LogP contribution is -2.48. The van der Waals surface area contributed by atoms with Crippen LogP contribution < -0.4 is 0 Å². The van der Waals surface area contributed by atoms with Gasteiger partial charge in [0, 0.05) is 18.5 Å². The van der Waals surface area contributed by atoms with E-state index in [0.29, 0.717) is 5.56 Å². The van der Waals surface area contributed by atoms with Gasteiger partial charge in [0.05, 0.1) is 11.6 Å². The number of nitriles is 1. The van der Waals surface area contributed by atoms with E-state index in [1.54, 1.807) is 0 Å². The summed E-state index contributed by atoms with van der Waals surface area (Å²) in [6.45, 7) is 5.17. The van der Waals surface area contributed by atoms with Crippen LogP contribution in [0.3, 0.4) is 0 Å². The van der Waals surface area contributed by atoms with E-state index in [2.05, 4.69) is 42.1 Å². The van der Waals surface area contributed by atoms with Crippen LogP contribution in [0.2, 0.25) is 0 Å². The van der Waals surface area contributed by atoms with E-state index in [1.165, 1.54) is 5.56 Å². The maximum Gasteiger partial charge on any atom is 0.212 e. The number of hydrogen-bond acceptors (Lipinski definition) is 4. The van der Waals surface area contributed by atoms with E-state index >= 15 is 0 Å². The molecule has 0 radical (unpaired) electrons. The summed E-state index contributed by atoms with van der Waals surface area (Å²) in [5, 5.41) is 13.4. The quantitative estimate of drug-likeness (QED) is 0.791. The lowest BCUT2D eigenvalue weighted by Gasteiger charge is -2.34. The highest BCUT2D eigenvalue weighted by Crippen LogP contribution is 2.31. The Morgan fingerprint density at radius 2 is 1.84 bits per heavy atom. The summed E-state index contributed by atoms with van der Waals surface area (Å²) in [6, 6.07) is 20.0. The van der Waals surface area contributed by atoms with E-state index < -0.39 is 5.72 Å². The first-order chi connectivity index (χ1) is 12.2. The van der Waals surface area contributed by atoms with Crippen LogP contribution in [0.25, 0.3) is 0 Å². The minimum absolute atomic E-state index is 0.500. The van der Waals surface area contributed by atoms with Gasteiger partial charge >= 0.3 is 0 Å². The second-order valence-corrected chi connectivity index (χ2v) is 6.54. The van der Waals surface area contributed by atoms with Crippen molar-refractivity contribution < 1.29 is 4.84 Å². The molecule has 128 valence electrons. The van der Waals surface area contributed by atoms with E-state index in [-0.39, 0.29) is 0 Å². The highest BCUT2D eigenvalue weighted by molar-refractivity contribution is 5.99. The minimum atomic E-state index is -0.500. The summed E-state index contributed by atoms with van der Waals surface area (Å²) >= 11 is 0. The van der Waals surface area contributed by atoms with Crippen molar-refractivity contribution >= 4 is 5.84 Å². The first-order valence-electron chi connectivity index (χ1n) is 8.74. The Hall–Kier alpha value is -2.80. The van der Waals surface area contributed by atoms with Crippen LogP contribution >= 0.6 is 0 Å². The summed E-state index contributed by atoms with van der Waals surface area (Å²) in [5.41, 5.74) is 2.35. The molecule has 0 saturated carbocycles. The number of oxime groups is 1. The fourth-order valence-electron chi connectivity index (χ4n) is 3.13. The van der Waals surface area contributed by atoms with Crippen LogP contribution in [0.15, 0.2) is 59.8 Å². The molecule has 1 aliphatic heterocycles. The Labute approximate surface area is 149 Å². The van der Waals surface area contributed by atoms with Gasteiger partial charge in [-0.25, -0.2) is 0 Å². The van der Waals surface area contributed by atoms with Gasteiger partial charge < -0.3 is 9.74 Å². The Morgan fingerprint density at radius 1 is 1.12 bits per heavy atom. The summed E-state index contributed by atoms with van der Waals surface area (Å²) in [4.78, 5) is 8.18. The van der Waals surface area contributed by atoms with Crippen molar-refractivity contribution in [3.8, 4) is 6.07 Å². The van der Waals surface area contributed by atoms with E-state index in [9.17, 15) is 0 Å². The normalized spacial score (nSPS) is 19.2. The number of benzene rings is 2. The molecule has 0 spiro atoms. The number of amidine groups is 1. The maximum absolute atomic E-state index is 8.99. The van der Waals surface area contributed by atoms with Crippen LogP contribution in [0.5, 0.6) is 0 Å². The smallest absolute Gasteiger partial charge is 0.212 e. The van der Waals surface area contributed by atoms with Crippen LogP contribution in [0.4, 0.5) is 0 Å². The molecule has 0 aliphatic carbocycles. The molecule has 1 unspecified atom stereocenters. The van der Waals surface area contributed by atoms with Crippen LogP contribution in [-0.4, -0.2) is 23.0 Å². The summed E-state index contributed by atoms with van der Waals surface area (Å²) in [5.74, 6) is 0.844. The molecule has 1 atom stereocenters. The van der Waals surface area contributed by atoms with Crippen molar-refractivity contribution in [2.75, 3.05) is 6.54 Å². The highest BCUT2D eigenvalue weighted by atomic mass is 16.7. The van der Waals surface area contributed by atoms with Gasteiger partial charge in [0.15, 0.2) is 5.84 Å². The molecule has 2 aromatic carbocycles. The predicted molar refractivity (Wildman–Crippen MR) is 98.9 cm³/mol. The van der Waals surface area contributed by atoms with Gasteiger partial charge in [-0.05, 0) is 43.2 Å². The Kier molecular flexibility index (Phi) is 5.04. The molecular formula is C21H23N3O. The van der Waals surface area contributed by atoms with Gasteiger partial charge in [-0.2, -0.15) is 5.26 Å². The number of rotatable bonds is 6. The van der Waals surface area contributed by atoms with Crippen molar-refractivity contribution in [2.24, 2.45) is 5.16 Å². The van der Waals surface area contributed by atoms with Crippen molar-refractivity contribution in [1.29, 1.82) is 5.26 Å². The first-order valence-corrected chi connectivity index (χ1v) is 8.74. The van der Waals surface area contributed by atoms with Crippen molar-refractivity contribution in [3.63, 3.8) is 0 Å². The second kappa shape index (κ2) is 7.40. The van der Waals surface area contributed by atoms with Crippen molar-refractivity contribution in [3.05, 3.63) is 71.3 Å². The molecule has 0 saturated heterocycles. The van der Waals surface area contributed by atoms with E-state index in [1.807, 2.05) is 42.5 Å².